The third-order valence-corrected chi connectivity index (χ3v) is 2.06. The molecule has 0 saturated carbocycles. The lowest BCUT2D eigenvalue weighted by atomic mass is 10.3. The molecule has 15 heavy (non-hydrogen) atoms. The maximum absolute atomic E-state index is 12.4. The second kappa shape index (κ2) is 5.62. The SMILES string of the molecule is FC(F)C(F)(F)CNCC1CNCCO1. The van der Waals surface area contributed by atoms with Crippen LogP contribution < -0.4 is 10.6 Å². The zero-order chi connectivity index (χ0) is 11.3. The maximum Gasteiger partial charge on any atom is 0.319 e. The first-order valence-corrected chi connectivity index (χ1v) is 4.71. The first kappa shape index (κ1) is 12.7. The highest BCUT2D eigenvalue weighted by molar-refractivity contribution is 4.75. The average Bonchev–Trinajstić information content (AvgIpc) is 2.19. The van der Waals surface area contributed by atoms with Crippen LogP contribution in [0.4, 0.5) is 17.6 Å². The van der Waals surface area contributed by atoms with Gasteiger partial charge >= 0.3 is 12.3 Å². The van der Waals surface area contributed by atoms with Crippen molar-refractivity contribution in [1.82, 2.24) is 10.6 Å². The summed E-state index contributed by atoms with van der Waals surface area (Å²) in [6, 6.07) is 0. The van der Waals surface area contributed by atoms with Gasteiger partial charge in [0.15, 0.2) is 0 Å². The number of hydrogen-bond donors (Lipinski definition) is 2. The van der Waals surface area contributed by atoms with E-state index >= 15 is 0 Å². The quantitative estimate of drug-likeness (QED) is 0.673. The van der Waals surface area contributed by atoms with E-state index in [2.05, 4.69) is 10.6 Å². The van der Waals surface area contributed by atoms with E-state index in [0.29, 0.717) is 13.2 Å². The molecule has 0 aromatic rings. The summed E-state index contributed by atoms with van der Waals surface area (Å²) in [7, 11) is 0. The molecular weight excluding hydrogens is 216 g/mol. The molecular formula is C8H14F4N2O. The minimum absolute atomic E-state index is 0.148. The lowest BCUT2D eigenvalue weighted by molar-refractivity contribution is -0.126. The van der Waals surface area contributed by atoms with Crippen LogP contribution in [-0.4, -0.2) is 51.2 Å². The molecule has 0 spiro atoms. The van der Waals surface area contributed by atoms with Crippen LogP contribution in [0.1, 0.15) is 0 Å². The van der Waals surface area contributed by atoms with Gasteiger partial charge in [0.2, 0.25) is 0 Å². The predicted octanol–water partition coefficient (Wildman–Crippen LogP) is 0.465. The second-order valence-corrected chi connectivity index (χ2v) is 3.39. The number of alkyl halides is 4. The molecule has 0 aromatic heterocycles. The number of hydrogen-bond acceptors (Lipinski definition) is 3. The normalized spacial score (nSPS) is 23.4. The summed E-state index contributed by atoms with van der Waals surface area (Å²) in [5.74, 6) is -3.97. The molecule has 1 saturated heterocycles. The molecule has 0 aromatic carbocycles. The fourth-order valence-electron chi connectivity index (χ4n) is 1.23. The van der Waals surface area contributed by atoms with Crippen molar-refractivity contribution in [1.29, 1.82) is 0 Å². The van der Waals surface area contributed by atoms with Gasteiger partial charge in [0.05, 0.1) is 19.3 Å². The van der Waals surface area contributed by atoms with Crippen molar-refractivity contribution in [3.8, 4) is 0 Å². The highest BCUT2D eigenvalue weighted by atomic mass is 19.3. The summed E-state index contributed by atoms with van der Waals surface area (Å²) in [5.41, 5.74) is 0. The molecule has 0 amide bonds. The summed E-state index contributed by atoms with van der Waals surface area (Å²) >= 11 is 0. The fourth-order valence-corrected chi connectivity index (χ4v) is 1.23. The third-order valence-electron chi connectivity index (χ3n) is 2.06. The van der Waals surface area contributed by atoms with E-state index in [1.54, 1.807) is 0 Å². The summed E-state index contributed by atoms with van der Waals surface area (Å²) in [5, 5.41) is 5.29. The van der Waals surface area contributed by atoms with Gasteiger partial charge in [-0.05, 0) is 0 Å². The Morgan fingerprint density at radius 1 is 1.47 bits per heavy atom. The largest absolute Gasteiger partial charge is 0.374 e. The van der Waals surface area contributed by atoms with Crippen LogP contribution in [0.25, 0.3) is 0 Å². The van der Waals surface area contributed by atoms with Crippen molar-refractivity contribution < 1.29 is 22.3 Å². The van der Waals surface area contributed by atoms with E-state index in [4.69, 9.17) is 4.74 Å². The summed E-state index contributed by atoms with van der Waals surface area (Å²) in [6.45, 7) is 0.911. The molecule has 0 bridgehead atoms. The zero-order valence-electron chi connectivity index (χ0n) is 8.11. The highest BCUT2D eigenvalue weighted by Gasteiger charge is 2.40. The van der Waals surface area contributed by atoms with Gasteiger partial charge in [-0.1, -0.05) is 0 Å². The molecule has 90 valence electrons. The molecule has 0 aliphatic carbocycles. The van der Waals surface area contributed by atoms with Crippen molar-refractivity contribution in [2.45, 2.75) is 18.5 Å². The average molecular weight is 230 g/mol. The van der Waals surface area contributed by atoms with E-state index in [1.807, 2.05) is 0 Å². The third kappa shape index (κ3) is 4.31. The van der Waals surface area contributed by atoms with Crippen LogP contribution in [0, 0.1) is 0 Å². The smallest absolute Gasteiger partial charge is 0.319 e. The van der Waals surface area contributed by atoms with Gasteiger partial charge in [-0.25, -0.2) is 8.78 Å². The van der Waals surface area contributed by atoms with E-state index < -0.39 is 18.9 Å². The predicted molar refractivity (Wildman–Crippen MR) is 46.4 cm³/mol. The standard InChI is InChI=1S/C8H14F4N2O/c9-7(10)8(11,12)5-14-4-6-3-13-1-2-15-6/h6-7,13-14H,1-5H2. The molecule has 2 N–H and O–H groups in total. The molecule has 1 rings (SSSR count). The first-order valence-electron chi connectivity index (χ1n) is 4.71. The molecule has 1 fully saturated rings. The van der Waals surface area contributed by atoms with Crippen molar-refractivity contribution in [2.24, 2.45) is 0 Å². The van der Waals surface area contributed by atoms with Gasteiger partial charge in [0, 0.05) is 19.6 Å². The van der Waals surface area contributed by atoms with Gasteiger partial charge in [-0.15, -0.1) is 0 Å². The Morgan fingerprint density at radius 2 is 2.20 bits per heavy atom. The van der Waals surface area contributed by atoms with Crippen LogP contribution in [0.3, 0.4) is 0 Å². The molecule has 1 heterocycles. The van der Waals surface area contributed by atoms with Gasteiger partial charge in [-0.2, -0.15) is 8.78 Å². The lowest BCUT2D eigenvalue weighted by Gasteiger charge is -2.24. The van der Waals surface area contributed by atoms with Crippen LogP contribution in [0.15, 0.2) is 0 Å². The lowest BCUT2D eigenvalue weighted by Crippen LogP contribution is -2.47. The second-order valence-electron chi connectivity index (χ2n) is 3.39. The zero-order valence-corrected chi connectivity index (χ0v) is 8.11. The van der Waals surface area contributed by atoms with Crippen molar-refractivity contribution >= 4 is 0 Å². The summed E-state index contributed by atoms with van der Waals surface area (Å²) in [4.78, 5) is 0. The molecule has 0 radical (unpaired) electrons. The molecule has 1 aliphatic rings. The van der Waals surface area contributed by atoms with E-state index in [0.717, 1.165) is 6.54 Å². The molecule has 3 nitrogen and oxygen atoms in total. The molecule has 1 aliphatic heterocycles. The van der Waals surface area contributed by atoms with Crippen LogP contribution in [-0.2, 0) is 4.74 Å². The van der Waals surface area contributed by atoms with E-state index in [1.165, 1.54) is 0 Å². The minimum atomic E-state index is -3.97. The number of nitrogens with one attached hydrogen (secondary N) is 2. The van der Waals surface area contributed by atoms with Crippen molar-refractivity contribution in [3.63, 3.8) is 0 Å². The Balaban J connectivity index is 2.14. The van der Waals surface area contributed by atoms with Gasteiger partial charge in [0.25, 0.3) is 0 Å². The Kier molecular flexibility index (Phi) is 4.75. The van der Waals surface area contributed by atoms with Crippen LogP contribution in [0.2, 0.25) is 0 Å². The Morgan fingerprint density at radius 3 is 2.73 bits per heavy atom. The number of rotatable bonds is 5. The molecule has 1 atom stereocenters. The Hall–Kier alpha value is -0.400. The molecule has 7 heteroatoms. The topological polar surface area (TPSA) is 33.3 Å². The first-order chi connectivity index (χ1) is 7.02. The molecule has 1 unspecified atom stereocenters. The number of morpholine rings is 1. The monoisotopic (exact) mass is 230 g/mol. The van der Waals surface area contributed by atoms with Crippen LogP contribution in [0.5, 0.6) is 0 Å². The summed E-state index contributed by atoms with van der Waals surface area (Å²) in [6.07, 6.45) is -3.86. The van der Waals surface area contributed by atoms with Gasteiger partial charge in [0.1, 0.15) is 0 Å². The van der Waals surface area contributed by atoms with E-state index in [-0.39, 0.29) is 12.6 Å². The fraction of sp³-hybridized carbons (Fsp3) is 1.00. The minimum Gasteiger partial charge on any atom is -0.374 e. The van der Waals surface area contributed by atoms with Crippen LogP contribution >= 0.6 is 0 Å². The number of halogens is 4. The van der Waals surface area contributed by atoms with Gasteiger partial charge < -0.3 is 15.4 Å². The van der Waals surface area contributed by atoms with E-state index in [9.17, 15) is 17.6 Å². The van der Waals surface area contributed by atoms with Gasteiger partial charge in [-0.3, -0.25) is 0 Å². The highest BCUT2D eigenvalue weighted by Crippen LogP contribution is 2.21. The summed E-state index contributed by atoms with van der Waals surface area (Å²) < 4.78 is 53.5. The maximum atomic E-state index is 12.4. The number of ether oxygens (including phenoxy) is 1. The Bertz CT molecular complexity index is 185. The van der Waals surface area contributed by atoms with Crippen molar-refractivity contribution in [3.05, 3.63) is 0 Å². The Labute approximate surface area is 85.2 Å². The van der Waals surface area contributed by atoms with Crippen molar-refractivity contribution in [2.75, 3.05) is 32.8 Å².